The molecule has 0 saturated heterocycles. The summed E-state index contributed by atoms with van der Waals surface area (Å²) in [4.78, 5) is 12.5. The molecule has 0 spiro atoms. The van der Waals surface area contributed by atoms with Crippen LogP contribution in [-0.2, 0) is 0 Å². The predicted molar refractivity (Wildman–Crippen MR) is 124 cm³/mol. The van der Waals surface area contributed by atoms with Gasteiger partial charge in [0.15, 0.2) is 0 Å². The Morgan fingerprint density at radius 2 is 1.67 bits per heavy atom. The second kappa shape index (κ2) is 8.39. The van der Waals surface area contributed by atoms with Crippen LogP contribution in [0.25, 0.3) is 0 Å². The highest BCUT2D eigenvalue weighted by molar-refractivity contribution is 5.11. The molecule has 0 radical (unpaired) electrons. The van der Waals surface area contributed by atoms with Gasteiger partial charge < -0.3 is 0 Å². The molecule has 9 atom stereocenters. The Hall–Kier alpha value is -0.600. The fourth-order valence-electron chi connectivity index (χ4n) is 9.51. The van der Waals surface area contributed by atoms with Crippen LogP contribution in [0.1, 0.15) is 112 Å². The minimum absolute atomic E-state index is 0.164. The Morgan fingerprint density at radius 3 is 2.37 bits per heavy atom. The van der Waals surface area contributed by atoms with Crippen molar-refractivity contribution < 1.29 is 4.92 Å². The van der Waals surface area contributed by atoms with Gasteiger partial charge in [-0.05, 0) is 84.9 Å². The maximum Gasteiger partial charge on any atom is 0.216 e. The number of nitrogens with zero attached hydrogens (tertiary/aromatic N) is 1. The van der Waals surface area contributed by atoms with Gasteiger partial charge in [0.2, 0.25) is 6.04 Å². The molecule has 0 heterocycles. The summed E-state index contributed by atoms with van der Waals surface area (Å²) >= 11 is 0. The van der Waals surface area contributed by atoms with E-state index in [-0.39, 0.29) is 11.0 Å². The van der Waals surface area contributed by atoms with Crippen molar-refractivity contribution >= 4 is 0 Å². The van der Waals surface area contributed by atoms with Crippen LogP contribution in [0.4, 0.5) is 0 Å². The van der Waals surface area contributed by atoms with Crippen LogP contribution in [0.3, 0.4) is 0 Å². The lowest BCUT2D eigenvalue weighted by Crippen LogP contribution is -2.59. The molecule has 0 aromatic heterocycles. The maximum absolute atomic E-state index is 12.3. The van der Waals surface area contributed by atoms with E-state index >= 15 is 0 Å². The van der Waals surface area contributed by atoms with Crippen LogP contribution in [0, 0.1) is 62.4 Å². The molecule has 0 unspecified atom stereocenters. The highest BCUT2D eigenvalue weighted by Gasteiger charge is 2.65. The summed E-state index contributed by atoms with van der Waals surface area (Å²) in [7, 11) is 0. The molecule has 4 rings (SSSR count). The van der Waals surface area contributed by atoms with Crippen LogP contribution < -0.4 is 0 Å². The number of hydrogen-bond donors (Lipinski definition) is 0. The van der Waals surface area contributed by atoms with Gasteiger partial charge in [-0.15, -0.1) is 0 Å². The number of rotatable bonds is 6. The average molecular weight is 418 g/mol. The quantitative estimate of drug-likeness (QED) is 0.327. The van der Waals surface area contributed by atoms with E-state index in [0.29, 0.717) is 34.5 Å². The molecule has 172 valence electrons. The predicted octanol–water partition coefficient (Wildman–Crippen LogP) is 7.75. The Balaban J connectivity index is 1.57. The summed E-state index contributed by atoms with van der Waals surface area (Å²) in [5.41, 5.74) is 0.711. The van der Waals surface area contributed by atoms with Crippen LogP contribution in [0.2, 0.25) is 0 Å². The zero-order chi connectivity index (χ0) is 21.7. The van der Waals surface area contributed by atoms with Gasteiger partial charge in [0.1, 0.15) is 0 Å². The van der Waals surface area contributed by atoms with E-state index in [1.165, 1.54) is 70.6 Å². The molecular weight excluding hydrogens is 370 g/mol. The Morgan fingerprint density at radius 1 is 0.933 bits per heavy atom. The van der Waals surface area contributed by atoms with Crippen LogP contribution in [0.5, 0.6) is 0 Å². The van der Waals surface area contributed by atoms with Crippen molar-refractivity contribution in [2.75, 3.05) is 0 Å². The van der Waals surface area contributed by atoms with Crippen LogP contribution >= 0.6 is 0 Å². The summed E-state index contributed by atoms with van der Waals surface area (Å²) in [6.45, 7) is 12.2. The third-order valence-corrected chi connectivity index (χ3v) is 11.1. The normalized spacial score (nSPS) is 46.7. The van der Waals surface area contributed by atoms with E-state index < -0.39 is 0 Å². The SMILES string of the molecule is CC(C)CCC[C@@H](C)[C@@H]1CC[C@@H]2[C@@H]3[C@H]([N+](=O)[O-])C[C@H]4CCCC[C@]4(C)[C@H]3CC[C@@]21C. The third kappa shape index (κ3) is 3.64. The summed E-state index contributed by atoms with van der Waals surface area (Å²) in [6.07, 6.45) is 15.2. The van der Waals surface area contributed by atoms with E-state index in [9.17, 15) is 10.1 Å². The Bertz CT molecular complexity index is 632. The molecule has 0 aromatic rings. The molecule has 4 saturated carbocycles. The Kier molecular flexibility index (Phi) is 6.32. The molecule has 0 aromatic carbocycles. The fraction of sp³-hybridized carbons (Fsp3) is 1.00. The molecule has 0 bridgehead atoms. The van der Waals surface area contributed by atoms with Gasteiger partial charge in [0.25, 0.3) is 0 Å². The molecule has 0 aliphatic heterocycles. The van der Waals surface area contributed by atoms with Gasteiger partial charge in [-0.25, -0.2) is 0 Å². The Labute approximate surface area is 185 Å². The van der Waals surface area contributed by atoms with E-state index in [1.54, 1.807) is 0 Å². The van der Waals surface area contributed by atoms with Gasteiger partial charge in [-0.2, -0.15) is 0 Å². The third-order valence-electron chi connectivity index (χ3n) is 11.1. The van der Waals surface area contributed by atoms with E-state index in [4.69, 9.17) is 0 Å². The molecule has 4 aliphatic rings. The first-order chi connectivity index (χ1) is 14.2. The minimum Gasteiger partial charge on any atom is -0.264 e. The van der Waals surface area contributed by atoms with Gasteiger partial charge in [0, 0.05) is 17.3 Å². The summed E-state index contributed by atoms with van der Waals surface area (Å²) < 4.78 is 0. The molecular formula is C27H47NO2. The van der Waals surface area contributed by atoms with Crippen LogP contribution in [-0.4, -0.2) is 11.0 Å². The first-order valence-corrected chi connectivity index (χ1v) is 13.3. The van der Waals surface area contributed by atoms with Crippen molar-refractivity contribution in [3.63, 3.8) is 0 Å². The van der Waals surface area contributed by atoms with E-state index in [0.717, 1.165) is 24.2 Å². The maximum atomic E-state index is 12.3. The molecule has 4 fully saturated rings. The number of fused-ring (bicyclic) bond motifs is 5. The average Bonchev–Trinajstić information content (AvgIpc) is 3.03. The lowest BCUT2D eigenvalue weighted by Gasteiger charge is -2.60. The molecule has 3 heteroatoms. The first-order valence-electron chi connectivity index (χ1n) is 13.3. The summed E-state index contributed by atoms with van der Waals surface area (Å²) in [5, 5.41) is 12.3. The molecule has 0 amide bonds. The standard InChI is InChI=1S/C27H47NO2/c1-18(2)9-8-10-19(3)21-12-13-22-25-23(14-16-27(21,22)5)26(4)15-7-6-11-20(26)17-24(25)28(29)30/h18-25H,6-17H2,1-5H3/t19-,20-,21+,22-,23+,24-,25+,26+,27-/m1/s1. The molecule has 0 N–H and O–H groups in total. The van der Waals surface area contributed by atoms with Gasteiger partial charge in [0.05, 0.1) is 0 Å². The highest BCUT2D eigenvalue weighted by Crippen LogP contribution is 2.68. The van der Waals surface area contributed by atoms with E-state index in [2.05, 4.69) is 34.6 Å². The summed E-state index contributed by atoms with van der Waals surface area (Å²) in [5.74, 6) is 4.46. The second-order valence-corrected chi connectivity index (χ2v) is 12.9. The fourth-order valence-corrected chi connectivity index (χ4v) is 9.51. The lowest BCUT2D eigenvalue weighted by molar-refractivity contribution is -0.548. The van der Waals surface area contributed by atoms with Crippen molar-refractivity contribution in [1.29, 1.82) is 0 Å². The van der Waals surface area contributed by atoms with Crippen LogP contribution in [0.15, 0.2) is 0 Å². The second-order valence-electron chi connectivity index (χ2n) is 12.9. The molecule has 30 heavy (non-hydrogen) atoms. The van der Waals surface area contributed by atoms with Crippen molar-refractivity contribution in [2.24, 2.45) is 52.3 Å². The number of nitro groups is 1. The van der Waals surface area contributed by atoms with Crippen molar-refractivity contribution in [3.8, 4) is 0 Å². The number of hydrogen-bond acceptors (Lipinski definition) is 2. The van der Waals surface area contributed by atoms with Gasteiger partial charge in [-0.3, -0.25) is 10.1 Å². The molecule has 4 aliphatic carbocycles. The summed E-state index contributed by atoms with van der Waals surface area (Å²) in [6, 6.07) is -0.272. The largest absolute Gasteiger partial charge is 0.264 e. The lowest BCUT2D eigenvalue weighted by atomic mass is 9.43. The zero-order valence-electron chi connectivity index (χ0n) is 20.4. The first kappa shape index (κ1) is 22.6. The van der Waals surface area contributed by atoms with Gasteiger partial charge in [-0.1, -0.05) is 66.7 Å². The molecule has 3 nitrogen and oxygen atoms in total. The van der Waals surface area contributed by atoms with Crippen molar-refractivity contribution in [3.05, 3.63) is 10.1 Å². The van der Waals surface area contributed by atoms with Gasteiger partial charge >= 0.3 is 0 Å². The smallest absolute Gasteiger partial charge is 0.216 e. The highest BCUT2D eigenvalue weighted by atomic mass is 16.6. The van der Waals surface area contributed by atoms with E-state index in [1.807, 2.05) is 0 Å². The van der Waals surface area contributed by atoms with Crippen molar-refractivity contribution in [2.45, 2.75) is 118 Å². The minimum atomic E-state index is -0.272. The topological polar surface area (TPSA) is 43.1 Å². The zero-order valence-corrected chi connectivity index (χ0v) is 20.4. The monoisotopic (exact) mass is 417 g/mol. The van der Waals surface area contributed by atoms with Crippen molar-refractivity contribution in [1.82, 2.24) is 0 Å².